The molecule has 0 aliphatic heterocycles. The van der Waals surface area contributed by atoms with Crippen molar-refractivity contribution < 1.29 is 0 Å². The summed E-state index contributed by atoms with van der Waals surface area (Å²) in [6, 6.07) is 129. The Morgan fingerprint density at radius 1 is 0.202 bits per heavy atom. The van der Waals surface area contributed by atoms with Gasteiger partial charge in [-0.15, -0.1) is 11.3 Å². The summed E-state index contributed by atoms with van der Waals surface area (Å²) in [5, 5.41) is 26.1. The van der Waals surface area contributed by atoms with Crippen LogP contribution in [0.3, 0.4) is 0 Å². The predicted octanol–water partition coefficient (Wildman–Crippen LogP) is 16.5. The number of thiophene rings is 1. The topological polar surface area (TPSA) is 9.86 Å². The first-order valence-corrected chi connectivity index (χ1v) is 35.6. The largest absolute Gasteiger partial charge is 0.309 e. The SMILES string of the molecule is c1ccc(-n2c3ccccc3c3cc4c(cc32)c2ccccc2n4-c2cccc([Si](c3ccccc3)(c3ccccc3)c3ccc4c5ccc([Si](c6ccccc6)(c6ccccc6)c6cccc7c6sc6ccccc67)cc5c5ccccc5c4c3)c2)cc1. The lowest BCUT2D eigenvalue weighted by atomic mass is 9.94. The normalized spacial score (nSPS) is 12.3. The molecule has 3 aromatic heterocycles. The Kier molecular flexibility index (Phi) is 11.9. The van der Waals surface area contributed by atoms with Gasteiger partial charge in [-0.3, -0.25) is 0 Å². The number of hydrogen-bond donors (Lipinski definition) is 0. The van der Waals surface area contributed by atoms with Crippen molar-refractivity contribution in [3.8, 4) is 11.4 Å². The van der Waals surface area contributed by atoms with E-state index in [1.165, 1.54) is 138 Å². The van der Waals surface area contributed by atoms with Crippen LogP contribution < -0.4 is 41.5 Å². The Balaban J connectivity index is 0.878. The Morgan fingerprint density at radius 2 is 0.573 bits per heavy atom. The van der Waals surface area contributed by atoms with Gasteiger partial charge in [0.25, 0.3) is 0 Å². The number of fused-ring (bicyclic) bond motifs is 15. The van der Waals surface area contributed by atoms with Crippen LogP contribution in [-0.4, -0.2) is 25.3 Å². The summed E-state index contributed by atoms with van der Waals surface area (Å²) in [6.07, 6.45) is 0. The van der Waals surface area contributed by atoms with Gasteiger partial charge in [-0.1, -0.05) is 285 Å². The molecule has 416 valence electrons. The first kappa shape index (κ1) is 51.5. The van der Waals surface area contributed by atoms with Crippen LogP contribution in [0.5, 0.6) is 0 Å². The third kappa shape index (κ3) is 7.66. The molecule has 3 heterocycles. The van der Waals surface area contributed by atoms with E-state index in [9.17, 15) is 0 Å². The summed E-state index contributed by atoms with van der Waals surface area (Å²) in [5.41, 5.74) is 7.08. The molecule has 0 bridgehead atoms. The highest BCUT2D eigenvalue weighted by Gasteiger charge is 2.44. The highest BCUT2D eigenvalue weighted by molar-refractivity contribution is 7.30. The number of rotatable bonds is 10. The molecule has 0 radical (unpaired) electrons. The number of nitrogens with zero attached hydrogens (tertiary/aromatic N) is 2. The van der Waals surface area contributed by atoms with Crippen molar-refractivity contribution in [2.45, 2.75) is 0 Å². The molecule has 0 saturated heterocycles. The third-order valence-corrected chi connectivity index (χ3v) is 30.3. The van der Waals surface area contributed by atoms with E-state index >= 15 is 0 Å². The number of hydrogen-bond acceptors (Lipinski definition) is 1. The number of benzene rings is 15. The summed E-state index contributed by atoms with van der Waals surface area (Å²) in [7, 11) is -6.18. The van der Waals surface area contributed by atoms with E-state index in [2.05, 4.69) is 349 Å². The van der Waals surface area contributed by atoms with Crippen LogP contribution in [0.15, 0.2) is 340 Å². The van der Waals surface area contributed by atoms with Gasteiger partial charge in [-0.05, 0) is 128 Å². The molecule has 5 heteroatoms. The molecule has 2 nitrogen and oxygen atoms in total. The van der Waals surface area contributed by atoms with Crippen LogP contribution in [0.4, 0.5) is 0 Å². The zero-order valence-corrected chi connectivity index (χ0v) is 51.5. The summed E-state index contributed by atoms with van der Waals surface area (Å²) >= 11 is 1.94. The fraction of sp³-hybridized carbons (Fsp3) is 0. The van der Waals surface area contributed by atoms with Gasteiger partial charge in [-0.25, -0.2) is 0 Å². The summed E-state index contributed by atoms with van der Waals surface area (Å²) in [4.78, 5) is 0. The molecule has 0 amide bonds. The third-order valence-electron chi connectivity index (χ3n) is 19.4. The molecule has 0 unspecified atom stereocenters. The Labute approximate surface area is 521 Å². The second-order valence-corrected chi connectivity index (χ2v) is 32.4. The van der Waals surface area contributed by atoms with Crippen molar-refractivity contribution in [3.05, 3.63) is 340 Å². The molecule has 0 aliphatic carbocycles. The van der Waals surface area contributed by atoms with Crippen LogP contribution in [0.1, 0.15) is 0 Å². The lowest BCUT2D eigenvalue weighted by Gasteiger charge is -2.35. The van der Waals surface area contributed by atoms with Gasteiger partial charge in [-0.2, -0.15) is 0 Å². The van der Waals surface area contributed by atoms with Crippen molar-refractivity contribution in [2.75, 3.05) is 0 Å². The van der Waals surface area contributed by atoms with Gasteiger partial charge in [0, 0.05) is 53.1 Å². The summed E-state index contributed by atoms with van der Waals surface area (Å²) < 4.78 is 7.66. The summed E-state index contributed by atoms with van der Waals surface area (Å²) in [6.45, 7) is 0. The molecule has 0 aliphatic rings. The van der Waals surface area contributed by atoms with Crippen LogP contribution in [-0.2, 0) is 0 Å². The zero-order chi connectivity index (χ0) is 58.6. The van der Waals surface area contributed by atoms with Gasteiger partial charge in [0.15, 0.2) is 16.1 Å². The molecule has 0 N–H and O–H groups in total. The van der Waals surface area contributed by atoms with Gasteiger partial charge >= 0.3 is 0 Å². The molecule has 18 aromatic rings. The standard InChI is InChI=1S/C84H56N2SSi2/c1-6-26-57(27-7-1)85-78-44-21-18-40-70(78)76-56-81-77(55-80(76)85)71-41-19-22-45-79(71)86(81)58-28-24-37-63(52-58)88(59-29-8-2-9-30-59,60-31-10-3-11-32-60)64-48-50-68-69-51-49-65(54-75(69)67-39-17-16-38-66(67)74(68)53-64)89(61-33-12-4-13-34-61,62-35-14-5-15-36-62)83-47-25-43-73-72-42-20-23-46-82(72)87-84(73)83/h1-56H. The molecule has 15 aromatic carbocycles. The molecule has 0 spiro atoms. The maximum absolute atomic E-state index is 3.16. The molecule has 18 rings (SSSR count). The van der Waals surface area contributed by atoms with Gasteiger partial charge in [0.1, 0.15) is 0 Å². The van der Waals surface area contributed by atoms with E-state index < -0.39 is 16.1 Å². The first-order valence-electron chi connectivity index (χ1n) is 30.8. The molecule has 0 saturated carbocycles. The van der Waals surface area contributed by atoms with Gasteiger partial charge in [0.05, 0.1) is 22.1 Å². The lowest BCUT2D eigenvalue weighted by Crippen LogP contribution is -2.74. The van der Waals surface area contributed by atoms with Crippen LogP contribution in [0.25, 0.3) is 107 Å². The van der Waals surface area contributed by atoms with E-state index in [-0.39, 0.29) is 0 Å². The predicted molar refractivity (Wildman–Crippen MR) is 388 cm³/mol. The maximum Gasteiger partial charge on any atom is 0.181 e. The Morgan fingerprint density at radius 3 is 1.11 bits per heavy atom. The van der Waals surface area contributed by atoms with Gasteiger partial charge < -0.3 is 9.13 Å². The van der Waals surface area contributed by atoms with Gasteiger partial charge in [0.2, 0.25) is 0 Å². The Bertz CT molecular complexity index is 5700. The minimum absolute atomic E-state index is 1.14. The van der Waals surface area contributed by atoms with E-state index in [4.69, 9.17) is 0 Å². The van der Waals surface area contributed by atoms with E-state index in [0.29, 0.717) is 0 Å². The van der Waals surface area contributed by atoms with Crippen molar-refractivity contribution in [1.82, 2.24) is 9.13 Å². The molecule has 89 heavy (non-hydrogen) atoms. The molecular formula is C84H56N2SSi2. The average Bonchev–Trinajstić information content (AvgIpc) is 1.58. The van der Waals surface area contributed by atoms with E-state index in [0.717, 1.165) is 11.4 Å². The fourth-order valence-corrected chi connectivity index (χ4v) is 27.0. The quantitative estimate of drug-likeness (QED) is 0.0734. The maximum atomic E-state index is 2.60. The minimum atomic E-state index is -3.16. The zero-order valence-electron chi connectivity index (χ0n) is 48.6. The Hall–Kier alpha value is -10.7. The fourth-order valence-electron chi connectivity index (χ4n) is 15.6. The second kappa shape index (κ2) is 20.5. The highest BCUT2D eigenvalue weighted by Crippen LogP contribution is 2.41. The van der Waals surface area contributed by atoms with Crippen molar-refractivity contribution >= 4 is 165 Å². The van der Waals surface area contributed by atoms with E-state index in [1.807, 2.05) is 11.3 Å². The van der Waals surface area contributed by atoms with Crippen LogP contribution in [0.2, 0.25) is 0 Å². The average molecular weight is 1180 g/mol. The van der Waals surface area contributed by atoms with Crippen molar-refractivity contribution in [1.29, 1.82) is 0 Å². The minimum Gasteiger partial charge on any atom is -0.309 e. The number of para-hydroxylation sites is 3. The first-order chi connectivity index (χ1) is 44.2. The second-order valence-electron chi connectivity index (χ2n) is 23.8. The van der Waals surface area contributed by atoms with Crippen LogP contribution in [0, 0.1) is 0 Å². The van der Waals surface area contributed by atoms with Crippen molar-refractivity contribution in [3.63, 3.8) is 0 Å². The molecule has 0 fully saturated rings. The molecule has 0 atom stereocenters. The van der Waals surface area contributed by atoms with E-state index in [1.54, 1.807) is 0 Å². The monoisotopic (exact) mass is 1180 g/mol. The molecular weight excluding hydrogens is 1130 g/mol. The van der Waals surface area contributed by atoms with Crippen LogP contribution >= 0.6 is 11.3 Å². The summed E-state index contributed by atoms with van der Waals surface area (Å²) in [5.74, 6) is 0. The smallest absolute Gasteiger partial charge is 0.181 e. The number of aromatic nitrogens is 2. The highest BCUT2D eigenvalue weighted by atomic mass is 32.1. The van der Waals surface area contributed by atoms with Crippen molar-refractivity contribution in [2.24, 2.45) is 0 Å². The lowest BCUT2D eigenvalue weighted by molar-refractivity contribution is 1.18.